The van der Waals surface area contributed by atoms with E-state index in [-0.39, 0.29) is 11.9 Å². The van der Waals surface area contributed by atoms with Crippen LogP contribution in [0.5, 0.6) is 0 Å². The highest BCUT2D eigenvalue weighted by molar-refractivity contribution is 7.10. The molecule has 0 saturated carbocycles. The molecule has 0 radical (unpaired) electrons. The predicted octanol–water partition coefficient (Wildman–Crippen LogP) is 2.15. The van der Waals surface area contributed by atoms with Gasteiger partial charge in [-0.15, -0.1) is 11.3 Å². The first-order valence-electron chi connectivity index (χ1n) is 8.34. The van der Waals surface area contributed by atoms with Gasteiger partial charge >= 0.3 is 0 Å². The first-order chi connectivity index (χ1) is 11.3. The molecule has 1 aliphatic heterocycles. The van der Waals surface area contributed by atoms with E-state index in [1.807, 2.05) is 22.7 Å². The molecule has 23 heavy (non-hydrogen) atoms. The minimum atomic E-state index is 0.00962. The van der Waals surface area contributed by atoms with Gasteiger partial charge in [0.05, 0.1) is 5.56 Å². The Labute approximate surface area is 140 Å². The molecule has 0 aromatic carbocycles. The minimum Gasteiger partial charge on any atom is -0.336 e. The largest absolute Gasteiger partial charge is 0.336 e. The number of carbonyl (C=O) groups excluding carboxylic acids is 1. The lowest BCUT2D eigenvalue weighted by Gasteiger charge is -2.36. The number of imidazole rings is 1. The van der Waals surface area contributed by atoms with Crippen molar-refractivity contribution in [3.05, 3.63) is 39.6 Å². The molecule has 1 N–H and O–H groups in total. The Hall–Kier alpha value is -1.66. The number of carbonyl (C=O) groups is 1. The number of hydrogen-bond acceptors (Lipinski definition) is 4. The Morgan fingerprint density at radius 1 is 1.39 bits per heavy atom. The van der Waals surface area contributed by atoms with Crippen LogP contribution >= 0.6 is 11.3 Å². The van der Waals surface area contributed by atoms with E-state index in [1.165, 1.54) is 23.3 Å². The number of fused-ring (bicyclic) bond motifs is 1. The van der Waals surface area contributed by atoms with Crippen LogP contribution < -0.4 is 5.32 Å². The molecular weight excluding hydrogens is 308 g/mol. The van der Waals surface area contributed by atoms with E-state index in [0.29, 0.717) is 0 Å². The van der Waals surface area contributed by atoms with E-state index in [0.717, 1.165) is 43.9 Å². The van der Waals surface area contributed by atoms with E-state index in [2.05, 4.69) is 15.7 Å². The van der Waals surface area contributed by atoms with Gasteiger partial charge in [-0.25, -0.2) is 4.98 Å². The van der Waals surface area contributed by atoms with Crippen LogP contribution in [-0.4, -0.2) is 40.0 Å². The van der Waals surface area contributed by atoms with E-state index in [4.69, 9.17) is 0 Å². The summed E-state index contributed by atoms with van der Waals surface area (Å²) in [6.07, 6.45) is 8.40. The highest BCUT2D eigenvalue weighted by Crippen LogP contribution is 2.32. The van der Waals surface area contributed by atoms with Crippen molar-refractivity contribution in [1.29, 1.82) is 0 Å². The third-order valence-corrected chi connectivity index (χ3v) is 6.04. The molecule has 1 atom stereocenters. The standard InChI is InChI=1S/C17H22N4OS/c1-20-8-7-19-16(20)14-10-18-6-9-21(14)17(22)13-11-23-15-5-3-2-4-12(13)15/h7-8,11,14,18H,2-6,9-10H2,1H3. The van der Waals surface area contributed by atoms with E-state index >= 15 is 0 Å². The summed E-state index contributed by atoms with van der Waals surface area (Å²) in [6.45, 7) is 2.35. The van der Waals surface area contributed by atoms with Gasteiger partial charge in [0.25, 0.3) is 5.91 Å². The molecule has 2 aromatic heterocycles. The average molecular weight is 330 g/mol. The summed E-state index contributed by atoms with van der Waals surface area (Å²) < 4.78 is 2.01. The lowest BCUT2D eigenvalue weighted by molar-refractivity contribution is 0.0620. The zero-order chi connectivity index (χ0) is 15.8. The van der Waals surface area contributed by atoms with Crippen molar-refractivity contribution in [2.75, 3.05) is 19.6 Å². The molecule has 1 aliphatic carbocycles. The van der Waals surface area contributed by atoms with Crippen molar-refractivity contribution in [1.82, 2.24) is 19.8 Å². The van der Waals surface area contributed by atoms with Crippen LogP contribution in [0.1, 0.15) is 45.5 Å². The van der Waals surface area contributed by atoms with Crippen molar-refractivity contribution >= 4 is 17.2 Å². The van der Waals surface area contributed by atoms with Gasteiger partial charge in [0, 0.05) is 49.3 Å². The number of thiophene rings is 1. The van der Waals surface area contributed by atoms with Crippen LogP contribution in [0.2, 0.25) is 0 Å². The average Bonchev–Trinajstić information content (AvgIpc) is 3.20. The molecule has 1 unspecified atom stereocenters. The molecule has 1 amide bonds. The third-order valence-electron chi connectivity index (χ3n) is 4.95. The highest BCUT2D eigenvalue weighted by Gasteiger charge is 2.33. The van der Waals surface area contributed by atoms with Crippen molar-refractivity contribution < 1.29 is 4.79 Å². The van der Waals surface area contributed by atoms with Gasteiger partial charge in [-0.1, -0.05) is 0 Å². The number of amides is 1. The molecule has 2 aliphatic rings. The Balaban J connectivity index is 1.66. The summed E-state index contributed by atoms with van der Waals surface area (Å²) >= 11 is 1.76. The third kappa shape index (κ3) is 2.60. The molecule has 5 nitrogen and oxygen atoms in total. The van der Waals surface area contributed by atoms with Gasteiger partial charge in [0.2, 0.25) is 0 Å². The molecule has 2 aromatic rings. The van der Waals surface area contributed by atoms with Crippen LogP contribution in [0.25, 0.3) is 0 Å². The first-order valence-corrected chi connectivity index (χ1v) is 9.22. The Morgan fingerprint density at radius 3 is 3.09 bits per heavy atom. The molecule has 3 heterocycles. The van der Waals surface area contributed by atoms with E-state index in [1.54, 1.807) is 17.5 Å². The molecule has 0 spiro atoms. The van der Waals surface area contributed by atoms with E-state index < -0.39 is 0 Å². The maximum Gasteiger partial charge on any atom is 0.255 e. The summed E-state index contributed by atoms with van der Waals surface area (Å²) in [5.41, 5.74) is 2.24. The Morgan fingerprint density at radius 2 is 2.26 bits per heavy atom. The zero-order valence-corrected chi connectivity index (χ0v) is 14.2. The Bertz CT molecular complexity index is 720. The lowest BCUT2D eigenvalue weighted by atomic mass is 9.95. The van der Waals surface area contributed by atoms with Gasteiger partial charge in [-0.3, -0.25) is 4.79 Å². The molecule has 0 bridgehead atoms. The highest BCUT2D eigenvalue weighted by atomic mass is 32.1. The van der Waals surface area contributed by atoms with E-state index in [9.17, 15) is 4.79 Å². The maximum absolute atomic E-state index is 13.2. The molecule has 1 saturated heterocycles. The fraction of sp³-hybridized carbons (Fsp3) is 0.529. The van der Waals surface area contributed by atoms with Gasteiger partial charge < -0.3 is 14.8 Å². The zero-order valence-electron chi connectivity index (χ0n) is 13.4. The summed E-state index contributed by atoms with van der Waals surface area (Å²) in [5, 5.41) is 5.48. The summed E-state index contributed by atoms with van der Waals surface area (Å²) in [6, 6.07) is 0.00962. The number of nitrogens with one attached hydrogen (secondary N) is 1. The second-order valence-corrected chi connectivity index (χ2v) is 7.34. The number of aryl methyl sites for hydroxylation is 2. The number of nitrogens with zero attached hydrogens (tertiary/aromatic N) is 3. The summed E-state index contributed by atoms with van der Waals surface area (Å²) in [5.74, 6) is 1.13. The van der Waals surface area contributed by atoms with Gasteiger partial charge in [-0.2, -0.15) is 0 Å². The SMILES string of the molecule is Cn1ccnc1C1CNCCN1C(=O)c1csc2c1CCCC2. The summed E-state index contributed by atoms with van der Waals surface area (Å²) in [4.78, 5) is 21.1. The molecule has 6 heteroatoms. The van der Waals surface area contributed by atoms with Crippen molar-refractivity contribution in [2.45, 2.75) is 31.7 Å². The number of piperazine rings is 1. The monoisotopic (exact) mass is 330 g/mol. The normalized spacial score (nSPS) is 21.3. The van der Waals surface area contributed by atoms with Crippen LogP contribution in [0.4, 0.5) is 0 Å². The predicted molar refractivity (Wildman–Crippen MR) is 90.8 cm³/mol. The fourth-order valence-electron chi connectivity index (χ4n) is 3.70. The second kappa shape index (κ2) is 6.09. The lowest BCUT2D eigenvalue weighted by Crippen LogP contribution is -2.49. The van der Waals surface area contributed by atoms with Crippen molar-refractivity contribution in [3.63, 3.8) is 0 Å². The second-order valence-electron chi connectivity index (χ2n) is 6.37. The number of hydrogen-bond donors (Lipinski definition) is 1. The quantitative estimate of drug-likeness (QED) is 0.918. The van der Waals surface area contributed by atoms with Crippen LogP contribution in [0, 0.1) is 0 Å². The molecule has 1 fully saturated rings. The molecule has 122 valence electrons. The van der Waals surface area contributed by atoms with Crippen LogP contribution in [-0.2, 0) is 19.9 Å². The summed E-state index contributed by atoms with van der Waals surface area (Å²) in [7, 11) is 1.99. The minimum absolute atomic E-state index is 0.00962. The molecular formula is C17H22N4OS. The fourth-order valence-corrected chi connectivity index (χ4v) is 4.82. The van der Waals surface area contributed by atoms with Gasteiger partial charge in [-0.05, 0) is 31.2 Å². The first kappa shape index (κ1) is 14.9. The van der Waals surface area contributed by atoms with Crippen LogP contribution in [0.3, 0.4) is 0 Å². The number of rotatable bonds is 2. The van der Waals surface area contributed by atoms with Crippen LogP contribution in [0.15, 0.2) is 17.8 Å². The Kier molecular flexibility index (Phi) is 3.95. The van der Waals surface area contributed by atoms with Gasteiger partial charge in [0.15, 0.2) is 0 Å². The topological polar surface area (TPSA) is 50.2 Å². The smallest absolute Gasteiger partial charge is 0.255 e. The number of aromatic nitrogens is 2. The van der Waals surface area contributed by atoms with Gasteiger partial charge in [0.1, 0.15) is 11.9 Å². The maximum atomic E-state index is 13.2. The molecule has 4 rings (SSSR count). The van der Waals surface area contributed by atoms with Crippen molar-refractivity contribution in [3.8, 4) is 0 Å². The van der Waals surface area contributed by atoms with Crippen molar-refractivity contribution in [2.24, 2.45) is 7.05 Å².